The van der Waals surface area contributed by atoms with Gasteiger partial charge in [0.25, 0.3) is 0 Å². The highest BCUT2D eigenvalue weighted by Crippen LogP contribution is 2.23. The molecule has 0 atom stereocenters. The second-order valence-electron chi connectivity index (χ2n) is 6.06. The zero-order valence-corrected chi connectivity index (χ0v) is 13.5. The van der Waals surface area contributed by atoms with Crippen molar-refractivity contribution in [3.05, 3.63) is 35.0 Å². The quantitative estimate of drug-likeness (QED) is 0.758. The van der Waals surface area contributed by atoms with Crippen LogP contribution in [0.2, 0.25) is 5.02 Å². The highest BCUT2D eigenvalue weighted by molar-refractivity contribution is 6.31. The number of aromatic amines is 1. The van der Waals surface area contributed by atoms with Gasteiger partial charge >= 0.3 is 0 Å². The van der Waals surface area contributed by atoms with E-state index in [0.717, 1.165) is 16.5 Å². The van der Waals surface area contributed by atoms with E-state index in [9.17, 15) is 15.0 Å². The molecule has 5 nitrogen and oxygen atoms in total. The second-order valence-corrected chi connectivity index (χ2v) is 6.49. The van der Waals surface area contributed by atoms with Gasteiger partial charge in [0.15, 0.2) is 0 Å². The van der Waals surface area contributed by atoms with E-state index in [4.69, 9.17) is 11.6 Å². The first kappa shape index (κ1) is 16.8. The maximum Gasteiger partial charge on any atom is 0.226 e. The van der Waals surface area contributed by atoms with Gasteiger partial charge in [-0.05, 0) is 23.8 Å². The maximum atomic E-state index is 12.4. The average molecular weight is 325 g/mol. The zero-order chi connectivity index (χ0) is 16.3. The molecule has 0 saturated heterocycles. The first-order valence-electron chi connectivity index (χ1n) is 7.10. The number of carbonyl (C=O) groups is 1. The van der Waals surface area contributed by atoms with E-state index >= 15 is 0 Å². The summed E-state index contributed by atoms with van der Waals surface area (Å²) in [6, 6.07) is 5.51. The van der Waals surface area contributed by atoms with E-state index in [0.29, 0.717) is 11.6 Å². The van der Waals surface area contributed by atoms with Crippen LogP contribution in [0.25, 0.3) is 10.9 Å². The number of aliphatic hydroxyl groups is 2. The lowest BCUT2D eigenvalue weighted by Crippen LogP contribution is -2.42. The Balaban J connectivity index is 2.12. The zero-order valence-electron chi connectivity index (χ0n) is 12.8. The number of H-pyrrole nitrogens is 1. The van der Waals surface area contributed by atoms with E-state index < -0.39 is 5.41 Å². The molecule has 1 amide bonds. The molecule has 0 spiro atoms. The fourth-order valence-electron chi connectivity index (χ4n) is 2.41. The van der Waals surface area contributed by atoms with Crippen LogP contribution in [0.4, 0.5) is 0 Å². The van der Waals surface area contributed by atoms with Crippen molar-refractivity contribution in [3.8, 4) is 0 Å². The molecule has 1 heterocycles. The Hall–Kier alpha value is -1.56. The van der Waals surface area contributed by atoms with Gasteiger partial charge in [0.05, 0.1) is 19.6 Å². The van der Waals surface area contributed by atoms with Crippen LogP contribution < -0.4 is 0 Å². The van der Waals surface area contributed by atoms with Crippen LogP contribution in [0.5, 0.6) is 0 Å². The van der Waals surface area contributed by atoms with Crippen molar-refractivity contribution in [3.63, 3.8) is 0 Å². The van der Waals surface area contributed by atoms with Crippen LogP contribution in [0.1, 0.15) is 12.5 Å². The molecule has 22 heavy (non-hydrogen) atoms. The fourth-order valence-corrected chi connectivity index (χ4v) is 2.58. The predicted octanol–water partition coefficient (Wildman–Crippen LogP) is 1.81. The molecule has 0 aliphatic heterocycles. The molecule has 0 radical (unpaired) electrons. The average Bonchev–Trinajstić information content (AvgIpc) is 2.89. The summed E-state index contributed by atoms with van der Waals surface area (Å²) in [5, 5.41) is 20.2. The molecule has 3 N–H and O–H groups in total. The molecule has 0 aliphatic rings. The number of amides is 1. The largest absolute Gasteiger partial charge is 0.396 e. The van der Waals surface area contributed by atoms with Crippen LogP contribution in [0, 0.1) is 5.41 Å². The van der Waals surface area contributed by atoms with E-state index in [1.807, 2.05) is 18.3 Å². The van der Waals surface area contributed by atoms with Crippen LogP contribution in [-0.4, -0.2) is 52.8 Å². The van der Waals surface area contributed by atoms with Gasteiger partial charge < -0.3 is 20.1 Å². The van der Waals surface area contributed by atoms with Crippen molar-refractivity contribution in [2.45, 2.75) is 13.3 Å². The maximum absolute atomic E-state index is 12.4. The number of fused-ring (bicyclic) bond motifs is 1. The Morgan fingerprint density at radius 2 is 2.05 bits per heavy atom. The highest BCUT2D eigenvalue weighted by atomic mass is 35.5. The molecule has 0 saturated carbocycles. The van der Waals surface area contributed by atoms with Gasteiger partial charge in [-0.2, -0.15) is 0 Å². The van der Waals surface area contributed by atoms with Gasteiger partial charge in [-0.15, -0.1) is 0 Å². The summed E-state index contributed by atoms with van der Waals surface area (Å²) >= 11 is 6.01. The van der Waals surface area contributed by atoms with Gasteiger partial charge in [-0.1, -0.05) is 18.5 Å². The lowest BCUT2D eigenvalue weighted by atomic mass is 9.92. The van der Waals surface area contributed by atoms with Crippen molar-refractivity contribution in [1.82, 2.24) is 9.88 Å². The molecule has 2 aromatic rings. The number of aromatic nitrogens is 1. The molecule has 120 valence electrons. The number of aliphatic hydroxyl groups excluding tert-OH is 2. The molecule has 0 fully saturated rings. The predicted molar refractivity (Wildman–Crippen MR) is 86.9 cm³/mol. The first-order valence-corrected chi connectivity index (χ1v) is 7.47. The number of hydrogen-bond acceptors (Lipinski definition) is 3. The van der Waals surface area contributed by atoms with Crippen LogP contribution in [-0.2, 0) is 11.2 Å². The van der Waals surface area contributed by atoms with Crippen LogP contribution in [0.15, 0.2) is 24.4 Å². The summed E-state index contributed by atoms with van der Waals surface area (Å²) in [6.45, 7) is 1.68. The van der Waals surface area contributed by atoms with Gasteiger partial charge in [0.2, 0.25) is 5.91 Å². The minimum Gasteiger partial charge on any atom is -0.396 e. The topological polar surface area (TPSA) is 76.6 Å². The normalized spacial score (nSPS) is 11.9. The molecular weight excluding hydrogens is 304 g/mol. The summed E-state index contributed by atoms with van der Waals surface area (Å²) in [5.41, 5.74) is 1.11. The monoisotopic (exact) mass is 324 g/mol. The highest BCUT2D eigenvalue weighted by Gasteiger charge is 2.26. The number of nitrogens with zero attached hydrogens (tertiary/aromatic N) is 1. The minimum atomic E-state index is -0.700. The number of likely N-dealkylation sites (N-methyl/N-ethyl adjacent to an activating group) is 1. The molecular formula is C16H21ClN2O3. The molecule has 0 aliphatic carbocycles. The van der Waals surface area contributed by atoms with Crippen molar-refractivity contribution < 1.29 is 15.0 Å². The van der Waals surface area contributed by atoms with E-state index in [1.165, 1.54) is 4.90 Å². The molecule has 1 aromatic heterocycles. The smallest absolute Gasteiger partial charge is 0.226 e. The van der Waals surface area contributed by atoms with Gasteiger partial charge in [-0.3, -0.25) is 4.79 Å². The molecule has 6 heteroatoms. The van der Waals surface area contributed by atoms with Crippen molar-refractivity contribution >= 4 is 28.4 Å². The van der Waals surface area contributed by atoms with Gasteiger partial charge in [-0.25, -0.2) is 0 Å². The Bertz CT molecular complexity index is 664. The summed E-state index contributed by atoms with van der Waals surface area (Å²) in [7, 11) is 1.67. The third-order valence-corrected chi connectivity index (χ3v) is 4.11. The summed E-state index contributed by atoms with van der Waals surface area (Å²) in [4.78, 5) is 17.0. The first-order chi connectivity index (χ1) is 10.4. The van der Waals surface area contributed by atoms with Gasteiger partial charge in [0, 0.05) is 41.1 Å². The van der Waals surface area contributed by atoms with Crippen molar-refractivity contribution in [2.24, 2.45) is 5.41 Å². The number of rotatable bonds is 6. The van der Waals surface area contributed by atoms with Crippen LogP contribution >= 0.6 is 11.6 Å². The molecule has 0 bridgehead atoms. The van der Waals surface area contributed by atoms with E-state index in [-0.39, 0.29) is 25.5 Å². The number of nitrogens with one attached hydrogen (secondary N) is 1. The fraction of sp³-hybridized carbons (Fsp3) is 0.438. The number of halogens is 1. The Kier molecular flexibility index (Phi) is 5.11. The van der Waals surface area contributed by atoms with E-state index in [2.05, 4.69) is 4.98 Å². The lowest BCUT2D eigenvalue weighted by Gasteiger charge is -2.30. The number of carbonyl (C=O) groups excluding carboxylic acids is 1. The number of benzene rings is 1. The van der Waals surface area contributed by atoms with E-state index in [1.54, 1.807) is 20.0 Å². The number of hydrogen-bond donors (Lipinski definition) is 3. The molecule has 0 unspecified atom stereocenters. The molecule has 2 rings (SSSR count). The standard InChI is InChI=1S/C16H21ClN2O3/c1-16(9-20,10-21)8-19(2)15(22)5-11-7-18-14-4-3-12(17)6-13(11)14/h3-4,6-7,18,20-21H,5,8-10H2,1-2H3. The molecule has 1 aromatic carbocycles. The third kappa shape index (κ3) is 3.61. The van der Waals surface area contributed by atoms with Gasteiger partial charge in [0.1, 0.15) is 0 Å². The summed E-state index contributed by atoms with van der Waals surface area (Å²) < 4.78 is 0. The summed E-state index contributed by atoms with van der Waals surface area (Å²) in [6.07, 6.45) is 2.05. The van der Waals surface area contributed by atoms with Crippen LogP contribution in [0.3, 0.4) is 0 Å². The Labute approximate surface area is 134 Å². The minimum absolute atomic E-state index is 0.0750. The second kappa shape index (κ2) is 6.69. The Morgan fingerprint density at radius 3 is 2.68 bits per heavy atom. The summed E-state index contributed by atoms with van der Waals surface area (Å²) in [5.74, 6) is -0.0750. The Morgan fingerprint density at radius 1 is 1.36 bits per heavy atom. The third-order valence-electron chi connectivity index (χ3n) is 3.88. The van der Waals surface area contributed by atoms with Crippen molar-refractivity contribution in [2.75, 3.05) is 26.8 Å². The lowest BCUT2D eigenvalue weighted by molar-refractivity contribution is -0.131. The van der Waals surface area contributed by atoms with Crippen molar-refractivity contribution in [1.29, 1.82) is 0 Å². The SMILES string of the molecule is CN(CC(C)(CO)CO)C(=O)Cc1c[nH]c2ccc(Cl)cc12.